The van der Waals surface area contributed by atoms with Crippen molar-refractivity contribution in [2.45, 2.75) is 38.1 Å². The van der Waals surface area contributed by atoms with Crippen molar-refractivity contribution in [3.63, 3.8) is 0 Å². The smallest absolute Gasteiger partial charge is 0.0331 e. The van der Waals surface area contributed by atoms with Gasteiger partial charge >= 0.3 is 0 Å². The molecular weight excluding hydrogens is 148 g/mol. The number of hydrogen-bond acceptors (Lipinski definition) is 2. The first-order chi connectivity index (χ1) is 5.77. The van der Waals surface area contributed by atoms with Crippen LogP contribution in [0.25, 0.3) is 0 Å². The molecule has 0 aromatic carbocycles. The summed E-state index contributed by atoms with van der Waals surface area (Å²) in [6.07, 6.45) is 5.62. The fourth-order valence-corrected chi connectivity index (χ4v) is 2.41. The minimum absolute atomic E-state index is 0.344. The van der Waals surface area contributed by atoms with E-state index in [9.17, 15) is 0 Å². The van der Waals surface area contributed by atoms with Gasteiger partial charge in [0.05, 0.1) is 0 Å². The van der Waals surface area contributed by atoms with E-state index in [0.717, 1.165) is 12.5 Å². The lowest BCUT2D eigenvalue weighted by Gasteiger charge is -2.53. The molecule has 2 heteroatoms. The number of likely N-dealkylation sites (tertiary alicyclic amines) is 1. The maximum atomic E-state index is 5.89. The quantitative estimate of drug-likeness (QED) is 0.686. The molecule has 0 bridgehead atoms. The predicted octanol–water partition coefficient (Wildman–Crippen LogP) is 1.21. The zero-order chi connectivity index (χ0) is 8.60. The van der Waals surface area contributed by atoms with Gasteiger partial charge in [-0.3, -0.25) is 4.90 Å². The van der Waals surface area contributed by atoms with Gasteiger partial charge in [0.2, 0.25) is 0 Å². The molecule has 1 aliphatic carbocycles. The van der Waals surface area contributed by atoms with Crippen molar-refractivity contribution in [2.75, 3.05) is 19.6 Å². The van der Waals surface area contributed by atoms with Crippen molar-refractivity contribution in [3.8, 4) is 0 Å². The van der Waals surface area contributed by atoms with Crippen molar-refractivity contribution in [3.05, 3.63) is 0 Å². The van der Waals surface area contributed by atoms with Crippen molar-refractivity contribution in [1.29, 1.82) is 0 Å². The zero-order valence-electron chi connectivity index (χ0n) is 8.05. The lowest BCUT2D eigenvalue weighted by molar-refractivity contribution is -0.0232. The lowest BCUT2D eigenvalue weighted by Crippen LogP contribution is -2.62. The number of rotatable bonds is 3. The fourth-order valence-electron chi connectivity index (χ4n) is 2.41. The van der Waals surface area contributed by atoms with Crippen LogP contribution in [-0.4, -0.2) is 30.1 Å². The molecule has 0 amide bonds. The third-order valence-electron chi connectivity index (χ3n) is 3.98. The normalized spacial score (nSPS) is 30.5. The summed E-state index contributed by atoms with van der Waals surface area (Å²) in [4.78, 5) is 2.58. The summed E-state index contributed by atoms with van der Waals surface area (Å²) >= 11 is 0. The molecule has 2 nitrogen and oxygen atoms in total. The Kier molecular flexibility index (Phi) is 2.13. The standard InChI is InChI=1S/C10H20N2/c1-10(8-11,9-4-2-5-9)12-6-3-7-12/h9H,2-8,11H2,1H3. The topological polar surface area (TPSA) is 29.3 Å². The van der Waals surface area contributed by atoms with Crippen LogP contribution < -0.4 is 5.73 Å². The molecule has 0 radical (unpaired) electrons. The van der Waals surface area contributed by atoms with Gasteiger partial charge in [-0.2, -0.15) is 0 Å². The van der Waals surface area contributed by atoms with E-state index in [0.29, 0.717) is 5.54 Å². The van der Waals surface area contributed by atoms with Crippen molar-refractivity contribution >= 4 is 0 Å². The third kappa shape index (κ3) is 1.09. The third-order valence-corrected chi connectivity index (χ3v) is 3.98. The van der Waals surface area contributed by atoms with Crippen LogP contribution >= 0.6 is 0 Å². The molecule has 0 spiro atoms. The SMILES string of the molecule is CC(CN)(C1CCC1)N1CCC1. The van der Waals surface area contributed by atoms with E-state index in [-0.39, 0.29) is 0 Å². The largest absolute Gasteiger partial charge is 0.329 e. The van der Waals surface area contributed by atoms with Gasteiger partial charge in [-0.1, -0.05) is 6.42 Å². The molecule has 1 atom stereocenters. The molecule has 12 heavy (non-hydrogen) atoms. The monoisotopic (exact) mass is 168 g/mol. The number of nitrogens with two attached hydrogens (primary N) is 1. The first-order valence-corrected chi connectivity index (χ1v) is 5.22. The lowest BCUT2D eigenvalue weighted by atomic mass is 9.70. The summed E-state index contributed by atoms with van der Waals surface area (Å²) in [7, 11) is 0. The van der Waals surface area contributed by atoms with Gasteiger partial charge in [0, 0.05) is 12.1 Å². The maximum Gasteiger partial charge on any atom is 0.0331 e. The van der Waals surface area contributed by atoms with E-state index in [4.69, 9.17) is 5.73 Å². The Labute approximate surface area is 75.1 Å². The Balaban J connectivity index is 2.00. The second kappa shape index (κ2) is 3.00. The number of hydrogen-bond donors (Lipinski definition) is 1. The van der Waals surface area contributed by atoms with Gasteiger partial charge in [0.25, 0.3) is 0 Å². The molecule has 1 unspecified atom stereocenters. The van der Waals surface area contributed by atoms with E-state index >= 15 is 0 Å². The highest BCUT2D eigenvalue weighted by molar-refractivity contribution is 4.99. The van der Waals surface area contributed by atoms with Crippen LogP contribution in [0.4, 0.5) is 0 Å². The summed E-state index contributed by atoms with van der Waals surface area (Å²) in [6.45, 7) is 5.77. The average Bonchev–Trinajstić information content (AvgIpc) is 1.79. The van der Waals surface area contributed by atoms with Crippen LogP contribution in [0.15, 0.2) is 0 Å². The Hall–Kier alpha value is -0.0800. The molecule has 1 saturated heterocycles. The van der Waals surface area contributed by atoms with Gasteiger partial charge in [0.15, 0.2) is 0 Å². The van der Waals surface area contributed by atoms with Gasteiger partial charge < -0.3 is 5.73 Å². The molecule has 1 aliphatic heterocycles. The van der Waals surface area contributed by atoms with Crippen LogP contribution in [0.1, 0.15) is 32.6 Å². The van der Waals surface area contributed by atoms with Crippen molar-refractivity contribution in [1.82, 2.24) is 4.90 Å². The molecule has 0 aromatic heterocycles. The maximum absolute atomic E-state index is 5.89. The van der Waals surface area contributed by atoms with E-state index in [1.165, 1.54) is 38.8 Å². The van der Waals surface area contributed by atoms with E-state index in [1.54, 1.807) is 0 Å². The Bertz CT molecular complexity index is 145. The summed E-state index contributed by atoms with van der Waals surface area (Å²) in [6, 6.07) is 0. The van der Waals surface area contributed by atoms with Gasteiger partial charge in [0.1, 0.15) is 0 Å². The van der Waals surface area contributed by atoms with Crippen molar-refractivity contribution < 1.29 is 0 Å². The highest BCUT2D eigenvalue weighted by Gasteiger charge is 2.43. The summed E-state index contributed by atoms with van der Waals surface area (Å²) in [5.74, 6) is 0.891. The van der Waals surface area contributed by atoms with Gasteiger partial charge in [-0.15, -0.1) is 0 Å². The van der Waals surface area contributed by atoms with Gasteiger partial charge in [-0.25, -0.2) is 0 Å². The average molecular weight is 168 g/mol. The summed E-state index contributed by atoms with van der Waals surface area (Å²) < 4.78 is 0. The van der Waals surface area contributed by atoms with Crippen LogP contribution in [0.5, 0.6) is 0 Å². The second-order valence-electron chi connectivity index (χ2n) is 4.53. The predicted molar refractivity (Wildman–Crippen MR) is 51.0 cm³/mol. The van der Waals surface area contributed by atoms with Crippen LogP contribution in [0, 0.1) is 5.92 Å². The van der Waals surface area contributed by atoms with Crippen LogP contribution in [-0.2, 0) is 0 Å². The second-order valence-corrected chi connectivity index (χ2v) is 4.53. The Morgan fingerprint density at radius 3 is 2.25 bits per heavy atom. The van der Waals surface area contributed by atoms with E-state index < -0.39 is 0 Å². The van der Waals surface area contributed by atoms with Crippen LogP contribution in [0.3, 0.4) is 0 Å². The summed E-state index contributed by atoms with van der Waals surface area (Å²) in [5.41, 5.74) is 6.23. The molecule has 2 rings (SSSR count). The van der Waals surface area contributed by atoms with E-state index in [1.807, 2.05) is 0 Å². The molecule has 2 aliphatic rings. The fraction of sp³-hybridized carbons (Fsp3) is 1.00. The Morgan fingerprint density at radius 2 is 2.00 bits per heavy atom. The van der Waals surface area contributed by atoms with Gasteiger partial charge in [-0.05, 0) is 45.2 Å². The molecule has 70 valence electrons. The molecule has 0 aromatic rings. The molecule has 1 saturated carbocycles. The highest BCUT2D eigenvalue weighted by Crippen LogP contribution is 2.40. The molecular formula is C10H20N2. The molecule has 2 fully saturated rings. The minimum Gasteiger partial charge on any atom is -0.329 e. The van der Waals surface area contributed by atoms with Crippen LogP contribution in [0.2, 0.25) is 0 Å². The Morgan fingerprint density at radius 1 is 1.33 bits per heavy atom. The summed E-state index contributed by atoms with van der Waals surface area (Å²) in [5, 5.41) is 0. The molecule has 2 N–H and O–H groups in total. The molecule has 1 heterocycles. The van der Waals surface area contributed by atoms with Crippen molar-refractivity contribution in [2.24, 2.45) is 11.7 Å². The first-order valence-electron chi connectivity index (χ1n) is 5.22. The zero-order valence-corrected chi connectivity index (χ0v) is 8.05. The minimum atomic E-state index is 0.344. The first kappa shape index (κ1) is 8.52. The van der Waals surface area contributed by atoms with E-state index in [2.05, 4.69) is 11.8 Å². The highest BCUT2D eigenvalue weighted by atomic mass is 15.2. The number of nitrogens with zero attached hydrogens (tertiary/aromatic N) is 1.